The van der Waals surface area contributed by atoms with E-state index >= 15 is 0 Å². The van der Waals surface area contributed by atoms with Gasteiger partial charge in [0.05, 0.1) is 11.4 Å². The van der Waals surface area contributed by atoms with Crippen molar-refractivity contribution in [2.24, 2.45) is 0 Å². The van der Waals surface area contributed by atoms with Crippen LogP contribution in [-0.2, 0) is 0 Å². The molecule has 3 nitrogen and oxygen atoms in total. The molecule has 1 aromatic carbocycles. The lowest BCUT2D eigenvalue weighted by Crippen LogP contribution is -2.06. The Bertz CT molecular complexity index is 576. The maximum atomic E-state index is 4.46. The van der Waals surface area contributed by atoms with Crippen LogP contribution in [0.1, 0.15) is 5.69 Å². The van der Waals surface area contributed by atoms with Crippen LogP contribution in [0.4, 0.5) is 5.95 Å². The summed E-state index contributed by atoms with van der Waals surface area (Å²) in [6, 6.07) is 6.05. The van der Waals surface area contributed by atoms with Gasteiger partial charge in [0.25, 0.3) is 0 Å². The highest BCUT2D eigenvalue weighted by Gasteiger charge is 2.10. The highest BCUT2D eigenvalue weighted by atomic mass is 79.9. The molecule has 0 aliphatic heterocycles. The van der Waals surface area contributed by atoms with Crippen molar-refractivity contribution >= 4 is 37.8 Å². The van der Waals surface area contributed by atoms with Gasteiger partial charge in [-0.25, -0.2) is 4.98 Å². The smallest absolute Gasteiger partial charge is 0.208 e. The Kier molecular flexibility index (Phi) is 4.24. The van der Waals surface area contributed by atoms with Crippen LogP contribution >= 0.6 is 31.9 Å². The van der Waals surface area contributed by atoms with Crippen molar-refractivity contribution < 1.29 is 0 Å². The number of halogens is 2. The summed E-state index contributed by atoms with van der Waals surface area (Å²) < 4.78 is 4.07. The fourth-order valence-electron chi connectivity index (χ4n) is 1.64. The minimum Gasteiger partial charge on any atom is -0.352 e. The van der Waals surface area contributed by atoms with E-state index in [1.165, 1.54) is 0 Å². The second-order valence-electron chi connectivity index (χ2n) is 3.84. The predicted octanol–water partition coefficient (Wildman–Crippen LogP) is 4.30. The first-order valence-electron chi connectivity index (χ1n) is 5.48. The summed E-state index contributed by atoms with van der Waals surface area (Å²) in [6.45, 7) is 6.36. The SMILES string of the molecule is C=CCNc1nc(C)cn1-c1cc(Br)ccc1Br. The van der Waals surface area contributed by atoms with Gasteiger partial charge in [0.15, 0.2) is 0 Å². The van der Waals surface area contributed by atoms with Crippen LogP contribution in [0.15, 0.2) is 46.0 Å². The molecule has 0 saturated carbocycles. The zero-order valence-corrected chi connectivity index (χ0v) is 13.1. The third-order valence-corrected chi connectivity index (χ3v) is 3.56. The highest BCUT2D eigenvalue weighted by Crippen LogP contribution is 2.27. The lowest BCUT2D eigenvalue weighted by Gasteiger charge is -2.10. The quantitative estimate of drug-likeness (QED) is 0.813. The first kappa shape index (κ1) is 13.4. The Labute approximate surface area is 123 Å². The lowest BCUT2D eigenvalue weighted by molar-refractivity contribution is 1.03. The van der Waals surface area contributed by atoms with Crippen LogP contribution in [0.5, 0.6) is 0 Å². The molecule has 1 aromatic heterocycles. The van der Waals surface area contributed by atoms with E-state index in [-0.39, 0.29) is 0 Å². The molecular weight excluding hydrogens is 358 g/mol. The van der Waals surface area contributed by atoms with Crippen molar-refractivity contribution in [2.45, 2.75) is 6.92 Å². The summed E-state index contributed by atoms with van der Waals surface area (Å²) in [6.07, 6.45) is 3.81. The Morgan fingerprint density at radius 2 is 2.22 bits per heavy atom. The molecule has 1 heterocycles. The molecule has 94 valence electrons. The molecule has 18 heavy (non-hydrogen) atoms. The van der Waals surface area contributed by atoms with Crippen LogP contribution in [0.25, 0.3) is 5.69 Å². The summed E-state index contributed by atoms with van der Waals surface area (Å²) in [5.74, 6) is 0.811. The molecule has 0 aliphatic rings. The van der Waals surface area contributed by atoms with Gasteiger partial charge in [0, 0.05) is 21.7 Å². The van der Waals surface area contributed by atoms with E-state index in [2.05, 4.69) is 48.7 Å². The molecule has 0 fully saturated rings. The number of hydrogen-bond acceptors (Lipinski definition) is 2. The number of anilines is 1. The zero-order valence-electron chi connectivity index (χ0n) is 9.95. The van der Waals surface area contributed by atoms with Gasteiger partial charge in [-0.1, -0.05) is 22.0 Å². The van der Waals surface area contributed by atoms with E-state index in [1.807, 2.05) is 42.0 Å². The molecule has 0 amide bonds. The number of nitrogens with zero attached hydrogens (tertiary/aromatic N) is 2. The lowest BCUT2D eigenvalue weighted by atomic mass is 10.3. The first-order valence-corrected chi connectivity index (χ1v) is 7.06. The fourth-order valence-corrected chi connectivity index (χ4v) is 2.43. The van der Waals surface area contributed by atoms with E-state index in [0.29, 0.717) is 6.54 Å². The fraction of sp³-hybridized carbons (Fsp3) is 0.154. The van der Waals surface area contributed by atoms with Crippen molar-refractivity contribution in [1.29, 1.82) is 0 Å². The maximum Gasteiger partial charge on any atom is 0.208 e. The van der Waals surface area contributed by atoms with Gasteiger partial charge in [0.2, 0.25) is 5.95 Å². The van der Waals surface area contributed by atoms with Crippen LogP contribution in [0.3, 0.4) is 0 Å². The minimum absolute atomic E-state index is 0.683. The molecule has 0 spiro atoms. The Morgan fingerprint density at radius 3 is 2.94 bits per heavy atom. The van der Waals surface area contributed by atoms with E-state index in [0.717, 1.165) is 26.3 Å². The number of aromatic nitrogens is 2. The van der Waals surface area contributed by atoms with Crippen LogP contribution in [0.2, 0.25) is 0 Å². The predicted molar refractivity (Wildman–Crippen MR) is 82.4 cm³/mol. The molecule has 2 aromatic rings. The van der Waals surface area contributed by atoms with E-state index < -0.39 is 0 Å². The second-order valence-corrected chi connectivity index (χ2v) is 5.61. The summed E-state index contributed by atoms with van der Waals surface area (Å²) in [5.41, 5.74) is 2.00. The number of nitrogens with one attached hydrogen (secondary N) is 1. The first-order chi connectivity index (χ1) is 8.61. The average molecular weight is 371 g/mol. The van der Waals surface area contributed by atoms with Crippen LogP contribution in [-0.4, -0.2) is 16.1 Å². The average Bonchev–Trinajstić information content (AvgIpc) is 2.71. The van der Waals surface area contributed by atoms with Crippen molar-refractivity contribution in [1.82, 2.24) is 9.55 Å². The van der Waals surface area contributed by atoms with E-state index in [9.17, 15) is 0 Å². The van der Waals surface area contributed by atoms with Gasteiger partial charge < -0.3 is 5.32 Å². The molecule has 0 atom stereocenters. The molecule has 5 heteroatoms. The summed E-state index contributed by atoms with van der Waals surface area (Å²) in [7, 11) is 0. The Morgan fingerprint density at radius 1 is 1.44 bits per heavy atom. The highest BCUT2D eigenvalue weighted by molar-refractivity contribution is 9.11. The maximum absolute atomic E-state index is 4.46. The molecule has 0 bridgehead atoms. The Balaban J connectivity index is 2.48. The number of benzene rings is 1. The van der Waals surface area contributed by atoms with Crippen molar-refractivity contribution in [3.05, 3.63) is 51.7 Å². The van der Waals surface area contributed by atoms with Gasteiger partial charge in [-0.15, -0.1) is 6.58 Å². The number of aryl methyl sites for hydroxylation is 1. The van der Waals surface area contributed by atoms with Gasteiger partial charge in [-0.3, -0.25) is 4.57 Å². The summed E-state index contributed by atoms with van der Waals surface area (Å²) >= 11 is 7.05. The molecule has 1 N–H and O–H groups in total. The second kappa shape index (κ2) is 5.71. The molecule has 0 unspecified atom stereocenters. The molecule has 2 rings (SSSR count). The minimum atomic E-state index is 0.683. The van der Waals surface area contributed by atoms with Crippen molar-refractivity contribution in [2.75, 3.05) is 11.9 Å². The van der Waals surface area contributed by atoms with Gasteiger partial charge in [-0.2, -0.15) is 0 Å². The summed E-state index contributed by atoms with van der Waals surface area (Å²) in [4.78, 5) is 4.46. The van der Waals surface area contributed by atoms with Gasteiger partial charge >= 0.3 is 0 Å². The largest absolute Gasteiger partial charge is 0.352 e. The topological polar surface area (TPSA) is 29.9 Å². The standard InChI is InChI=1S/C13H13Br2N3/c1-3-6-16-13-17-9(2)8-18(13)12-7-10(14)4-5-11(12)15/h3-5,7-8H,1,6H2,2H3,(H,16,17). The van der Waals surface area contributed by atoms with Crippen molar-refractivity contribution in [3.8, 4) is 5.69 Å². The van der Waals surface area contributed by atoms with Crippen LogP contribution in [0, 0.1) is 6.92 Å². The number of imidazole rings is 1. The third kappa shape index (κ3) is 2.84. The number of hydrogen-bond donors (Lipinski definition) is 1. The third-order valence-electron chi connectivity index (χ3n) is 2.40. The zero-order chi connectivity index (χ0) is 13.1. The summed E-state index contributed by atoms with van der Waals surface area (Å²) in [5, 5.41) is 3.23. The van der Waals surface area contributed by atoms with Crippen molar-refractivity contribution in [3.63, 3.8) is 0 Å². The monoisotopic (exact) mass is 369 g/mol. The normalized spacial score (nSPS) is 10.4. The number of rotatable bonds is 4. The van der Waals surface area contributed by atoms with E-state index in [1.54, 1.807) is 0 Å². The molecule has 0 saturated heterocycles. The van der Waals surface area contributed by atoms with Gasteiger partial charge in [0.1, 0.15) is 0 Å². The Hall–Kier alpha value is -1.07. The molecular formula is C13H13Br2N3. The van der Waals surface area contributed by atoms with Gasteiger partial charge in [-0.05, 0) is 41.1 Å². The van der Waals surface area contributed by atoms with E-state index in [4.69, 9.17) is 0 Å². The molecule has 0 aliphatic carbocycles. The van der Waals surface area contributed by atoms with Crippen LogP contribution < -0.4 is 5.32 Å². The molecule has 0 radical (unpaired) electrons.